The van der Waals surface area contributed by atoms with Crippen LogP contribution in [0.2, 0.25) is 0 Å². The maximum Gasteiger partial charge on any atom is 0.387 e. The first-order chi connectivity index (χ1) is 8.25. The quantitative estimate of drug-likeness (QED) is 0.872. The van der Waals surface area contributed by atoms with E-state index in [1.54, 1.807) is 24.3 Å². The molecule has 0 aliphatic carbocycles. The van der Waals surface area contributed by atoms with Crippen LogP contribution in [0.3, 0.4) is 0 Å². The van der Waals surface area contributed by atoms with Gasteiger partial charge >= 0.3 is 6.61 Å². The molecule has 1 N–H and O–H groups in total. The van der Waals surface area contributed by atoms with E-state index in [4.69, 9.17) is 0 Å². The lowest BCUT2D eigenvalue weighted by atomic mass is 10.1. The van der Waals surface area contributed by atoms with E-state index in [0.29, 0.717) is 11.6 Å². The SMILES string of the molecule is FC(F)Oc1ccccc1/C=C/C1CCCN1. The number of para-hydroxylation sites is 1. The third-order valence-corrected chi connectivity index (χ3v) is 2.74. The maximum absolute atomic E-state index is 12.2. The van der Waals surface area contributed by atoms with Crippen molar-refractivity contribution in [2.75, 3.05) is 6.54 Å². The van der Waals surface area contributed by atoms with Crippen LogP contribution in [-0.2, 0) is 0 Å². The fraction of sp³-hybridized carbons (Fsp3) is 0.385. The molecule has 0 aromatic heterocycles. The number of alkyl halides is 2. The van der Waals surface area contributed by atoms with Crippen LogP contribution in [0.4, 0.5) is 8.78 Å². The van der Waals surface area contributed by atoms with Crippen LogP contribution >= 0.6 is 0 Å². The average molecular weight is 239 g/mol. The van der Waals surface area contributed by atoms with Crippen LogP contribution in [0.5, 0.6) is 5.75 Å². The smallest absolute Gasteiger partial charge is 0.387 e. The van der Waals surface area contributed by atoms with E-state index in [1.807, 2.05) is 12.2 Å². The number of benzene rings is 1. The number of hydrogen-bond acceptors (Lipinski definition) is 2. The van der Waals surface area contributed by atoms with E-state index in [-0.39, 0.29) is 5.75 Å². The van der Waals surface area contributed by atoms with Crippen molar-refractivity contribution in [2.24, 2.45) is 0 Å². The first-order valence-corrected chi connectivity index (χ1v) is 5.71. The van der Waals surface area contributed by atoms with E-state index in [2.05, 4.69) is 10.1 Å². The molecular weight excluding hydrogens is 224 g/mol. The predicted octanol–water partition coefficient (Wildman–Crippen LogP) is 3.05. The average Bonchev–Trinajstić information content (AvgIpc) is 2.80. The highest BCUT2D eigenvalue weighted by Gasteiger charge is 2.11. The van der Waals surface area contributed by atoms with Gasteiger partial charge in [0.1, 0.15) is 5.75 Å². The van der Waals surface area contributed by atoms with Crippen molar-refractivity contribution in [2.45, 2.75) is 25.5 Å². The van der Waals surface area contributed by atoms with Gasteiger partial charge in [0.2, 0.25) is 0 Å². The molecule has 0 saturated carbocycles. The Kier molecular flexibility index (Phi) is 4.09. The Bertz CT molecular complexity index is 387. The number of halogens is 2. The normalized spacial score (nSPS) is 20.3. The van der Waals surface area contributed by atoms with Gasteiger partial charge in [-0.15, -0.1) is 0 Å². The van der Waals surface area contributed by atoms with Gasteiger partial charge in [0.25, 0.3) is 0 Å². The molecular formula is C13H15F2NO. The van der Waals surface area contributed by atoms with Crippen molar-refractivity contribution in [3.8, 4) is 5.75 Å². The van der Waals surface area contributed by atoms with E-state index < -0.39 is 6.61 Å². The molecule has 2 rings (SSSR count). The minimum absolute atomic E-state index is 0.219. The highest BCUT2D eigenvalue weighted by atomic mass is 19.3. The summed E-state index contributed by atoms with van der Waals surface area (Å²) in [5, 5.41) is 3.31. The monoisotopic (exact) mass is 239 g/mol. The van der Waals surface area contributed by atoms with Crippen LogP contribution in [0.15, 0.2) is 30.3 Å². The molecule has 0 radical (unpaired) electrons. The summed E-state index contributed by atoms with van der Waals surface area (Å²) in [6.07, 6.45) is 6.08. The van der Waals surface area contributed by atoms with E-state index in [9.17, 15) is 8.78 Å². The molecule has 17 heavy (non-hydrogen) atoms. The topological polar surface area (TPSA) is 21.3 Å². The van der Waals surface area contributed by atoms with Crippen LogP contribution in [0.1, 0.15) is 18.4 Å². The summed E-state index contributed by atoms with van der Waals surface area (Å²) in [5.74, 6) is 0.219. The minimum atomic E-state index is -2.78. The molecule has 92 valence electrons. The van der Waals surface area contributed by atoms with E-state index in [0.717, 1.165) is 19.4 Å². The van der Waals surface area contributed by atoms with Gasteiger partial charge in [0, 0.05) is 11.6 Å². The Hall–Kier alpha value is -1.42. The van der Waals surface area contributed by atoms with Crippen molar-refractivity contribution in [1.82, 2.24) is 5.32 Å². The molecule has 1 aromatic carbocycles. The summed E-state index contributed by atoms with van der Waals surface area (Å²) in [6.45, 7) is -1.77. The molecule has 4 heteroatoms. The van der Waals surface area contributed by atoms with Gasteiger partial charge in [-0.05, 0) is 25.5 Å². The van der Waals surface area contributed by atoms with Gasteiger partial charge in [0.15, 0.2) is 0 Å². The molecule has 1 fully saturated rings. The van der Waals surface area contributed by atoms with Crippen molar-refractivity contribution >= 4 is 6.08 Å². The second-order valence-electron chi connectivity index (χ2n) is 3.98. The molecule has 1 saturated heterocycles. The van der Waals surface area contributed by atoms with Gasteiger partial charge in [0.05, 0.1) is 0 Å². The van der Waals surface area contributed by atoms with Gasteiger partial charge in [-0.25, -0.2) is 0 Å². The predicted molar refractivity (Wildman–Crippen MR) is 63.1 cm³/mol. The van der Waals surface area contributed by atoms with Crippen molar-refractivity contribution in [3.63, 3.8) is 0 Å². The summed E-state index contributed by atoms with van der Waals surface area (Å²) in [6, 6.07) is 7.15. The third-order valence-electron chi connectivity index (χ3n) is 2.74. The highest BCUT2D eigenvalue weighted by molar-refractivity contribution is 5.57. The first kappa shape index (κ1) is 12.0. The highest BCUT2D eigenvalue weighted by Crippen LogP contribution is 2.22. The third kappa shape index (κ3) is 3.53. The van der Waals surface area contributed by atoms with Crippen LogP contribution < -0.4 is 10.1 Å². The number of hydrogen-bond donors (Lipinski definition) is 1. The molecule has 1 atom stereocenters. The Labute approximate surface area is 99.3 Å². The van der Waals surface area contributed by atoms with Crippen LogP contribution in [-0.4, -0.2) is 19.2 Å². The summed E-state index contributed by atoms with van der Waals surface area (Å²) >= 11 is 0. The summed E-state index contributed by atoms with van der Waals surface area (Å²) in [7, 11) is 0. The van der Waals surface area contributed by atoms with Crippen molar-refractivity contribution in [1.29, 1.82) is 0 Å². The zero-order chi connectivity index (χ0) is 12.1. The number of rotatable bonds is 4. The molecule has 1 heterocycles. The van der Waals surface area contributed by atoms with Crippen molar-refractivity contribution < 1.29 is 13.5 Å². The van der Waals surface area contributed by atoms with Gasteiger partial charge in [-0.1, -0.05) is 30.4 Å². The van der Waals surface area contributed by atoms with Crippen LogP contribution in [0.25, 0.3) is 6.08 Å². The maximum atomic E-state index is 12.2. The second kappa shape index (κ2) is 5.77. The van der Waals surface area contributed by atoms with Crippen LogP contribution in [0, 0.1) is 0 Å². The van der Waals surface area contributed by atoms with Gasteiger partial charge < -0.3 is 10.1 Å². The minimum Gasteiger partial charge on any atom is -0.434 e. The molecule has 1 unspecified atom stereocenters. The fourth-order valence-corrected chi connectivity index (χ4v) is 1.92. The fourth-order valence-electron chi connectivity index (χ4n) is 1.92. The first-order valence-electron chi connectivity index (χ1n) is 5.71. The molecule has 0 bridgehead atoms. The zero-order valence-electron chi connectivity index (χ0n) is 9.40. The lowest BCUT2D eigenvalue weighted by molar-refractivity contribution is -0.0499. The lowest BCUT2D eigenvalue weighted by Gasteiger charge is -2.08. The van der Waals surface area contributed by atoms with Gasteiger partial charge in [-0.2, -0.15) is 8.78 Å². The van der Waals surface area contributed by atoms with E-state index in [1.165, 1.54) is 0 Å². The largest absolute Gasteiger partial charge is 0.434 e. The molecule has 2 nitrogen and oxygen atoms in total. The Balaban J connectivity index is 2.08. The molecule has 1 aromatic rings. The summed E-state index contributed by atoms with van der Waals surface area (Å²) in [5.41, 5.74) is 0.682. The lowest BCUT2D eigenvalue weighted by Crippen LogP contribution is -2.18. The number of ether oxygens (including phenoxy) is 1. The Morgan fingerprint density at radius 2 is 2.18 bits per heavy atom. The van der Waals surface area contributed by atoms with E-state index >= 15 is 0 Å². The Morgan fingerprint density at radius 3 is 2.88 bits per heavy atom. The molecule has 0 spiro atoms. The zero-order valence-corrected chi connectivity index (χ0v) is 9.40. The van der Waals surface area contributed by atoms with Crippen molar-refractivity contribution in [3.05, 3.63) is 35.9 Å². The molecule has 1 aliphatic heterocycles. The van der Waals surface area contributed by atoms with Gasteiger partial charge in [-0.3, -0.25) is 0 Å². The Morgan fingerprint density at radius 1 is 1.35 bits per heavy atom. The second-order valence-corrected chi connectivity index (χ2v) is 3.98. The summed E-state index contributed by atoms with van der Waals surface area (Å²) < 4.78 is 28.8. The standard InChI is InChI=1S/C13H15F2NO/c14-13(15)17-12-6-2-1-4-10(12)7-8-11-5-3-9-16-11/h1-2,4,6-8,11,13,16H,3,5,9H2/b8-7+. The molecule has 0 amide bonds. The molecule has 1 aliphatic rings. The number of nitrogens with one attached hydrogen (secondary N) is 1. The summed E-state index contributed by atoms with van der Waals surface area (Å²) in [4.78, 5) is 0.